The molecule has 0 unspecified atom stereocenters. The fraction of sp³-hybridized carbons (Fsp3) is 1.00. The Balaban J connectivity index is 1.67. The van der Waals surface area contributed by atoms with Gasteiger partial charge in [0.2, 0.25) is 0 Å². The summed E-state index contributed by atoms with van der Waals surface area (Å²) in [6.45, 7) is -0.0289. The van der Waals surface area contributed by atoms with Crippen LogP contribution in [0, 0.1) is 17.8 Å². The van der Waals surface area contributed by atoms with Gasteiger partial charge in [-0.2, -0.15) is 0 Å². The Hall–Kier alpha value is 0.220. The average molecular weight is 369 g/mol. The molecule has 0 radical (unpaired) electrons. The van der Waals surface area contributed by atoms with Gasteiger partial charge in [0, 0.05) is 12.0 Å². The monoisotopic (exact) mass is 369 g/mol. The molecule has 0 aromatic heterocycles. The average Bonchev–Trinajstić information content (AvgIpc) is 2.33. The second-order valence-electron chi connectivity index (χ2n) is 7.74. The van der Waals surface area contributed by atoms with Crippen LogP contribution in [0.15, 0.2) is 0 Å². The molecule has 4 aliphatic rings. The molecule has 0 aromatic carbocycles. The molecule has 134 valence electrons. The van der Waals surface area contributed by atoms with Crippen molar-refractivity contribution >= 4 is 15.2 Å². The largest absolute Gasteiger partial charge is 0.369 e. The third-order valence-electron chi connectivity index (χ3n) is 5.93. The van der Waals surface area contributed by atoms with Crippen molar-refractivity contribution in [2.24, 2.45) is 17.8 Å². The molecular weight excluding hydrogens is 344 g/mol. The molecule has 23 heavy (non-hydrogen) atoms. The Morgan fingerprint density at radius 1 is 0.913 bits per heavy atom. The SMILES string of the molecule is O=P(O)(O)C(O)(CCNC12CC3CC(CC(C3)C1)C2)P(=O)(O)O. The van der Waals surface area contributed by atoms with E-state index in [1.165, 1.54) is 19.3 Å². The molecule has 4 aliphatic carbocycles. The zero-order valence-electron chi connectivity index (χ0n) is 12.8. The first kappa shape index (κ1) is 18.0. The Morgan fingerprint density at radius 2 is 1.30 bits per heavy atom. The molecule has 10 heteroatoms. The van der Waals surface area contributed by atoms with E-state index in [-0.39, 0.29) is 12.1 Å². The lowest BCUT2D eigenvalue weighted by Gasteiger charge is -2.57. The second kappa shape index (κ2) is 5.61. The summed E-state index contributed by atoms with van der Waals surface area (Å²) in [5.74, 6) is 2.03. The lowest BCUT2D eigenvalue weighted by Crippen LogP contribution is -2.59. The van der Waals surface area contributed by atoms with Crippen LogP contribution in [0.25, 0.3) is 0 Å². The van der Waals surface area contributed by atoms with Crippen molar-refractivity contribution in [2.75, 3.05) is 6.54 Å². The minimum absolute atomic E-state index is 0.0289. The number of aliphatic hydroxyl groups is 1. The van der Waals surface area contributed by atoms with E-state index in [1.807, 2.05) is 0 Å². The van der Waals surface area contributed by atoms with Crippen LogP contribution in [0.1, 0.15) is 44.9 Å². The van der Waals surface area contributed by atoms with Crippen molar-refractivity contribution in [1.29, 1.82) is 0 Å². The predicted molar refractivity (Wildman–Crippen MR) is 82.6 cm³/mol. The Kier molecular flexibility index (Phi) is 4.40. The molecule has 0 aliphatic heterocycles. The lowest BCUT2D eigenvalue weighted by molar-refractivity contribution is -0.0211. The van der Waals surface area contributed by atoms with E-state index in [1.54, 1.807) is 0 Å². The van der Waals surface area contributed by atoms with Gasteiger partial charge in [0.05, 0.1) is 0 Å². The third-order valence-corrected chi connectivity index (χ3v) is 9.81. The number of hydrogen-bond acceptors (Lipinski definition) is 4. The molecule has 4 fully saturated rings. The van der Waals surface area contributed by atoms with Gasteiger partial charge in [-0.25, -0.2) is 0 Å². The van der Waals surface area contributed by atoms with Crippen LogP contribution in [-0.2, 0) is 9.13 Å². The van der Waals surface area contributed by atoms with E-state index in [2.05, 4.69) is 5.32 Å². The lowest BCUT2D eigenvalue weighted by atomic mass is 9.53. The van der Waals surface area contributed by atoms with Crippen molar-refractivity contribution in [2.45, 2.75) is 55.6 Å². The van der Waals surface area contributed by atoms with Gasteiger partial charge in [0.25, 0.3) is 5.08 Å². The topological polar surface area (TPSA) is 147 Å². The highest BCUT2D eigenvalue weighted by Gasteiger charge is 2.59. The molecule has 6 N–H and O–H groups in total. The van der Waals surface area contributed by atoms with E-state index in [4.69, 9.17) is 0 Å². The van der Waals surface area contributed by atoms with Crippen LogP contribution in [0.2, 0.25) is 0 Å². The fourth-order valence-electron chi connectivity index (χ4n) is 5.28. The van der Waals surface area contributed by atoms with E-state index in [0.29, 0.717) is 17.8 Å². The van der Waals surface area contributed by atoms with Crippen LogP contribution < -0.4 is 5.32 Å². The quantitative estimate of drug-likeness (QED) is 0.379. The normalized spacial score (nSPS) is 37.3. The van der Waals surface area contributed by atoms with Crippen LogP contribution >= 0.6 is 15.2 Å². The van der Waals surface area contributed by atoms with Crippen LogP contribution in [-0.4, -0.2) is 41.8 Å². The van der Waals surface area contributed by atoms with Crippen LogP contribution in [0.5, 0.6) is 0 Å². The maximum absolute atomic E-state index is 11.4. The minimum atomic E-state index is -5.36. The molecule has 0 spiro atoms. The maximum Gasteiger partial charge on any atom is 0.369 e. The molecule has 0 atom stereocenters. The summed E-state index contributed by atoms with van der Waals surface area (Å²) in [4.78, 5) is 36.7. The molecule has 4 saturated carbocycles. The summed E-state index contributed by atoms with van der Waals surface area (Å²) in [5.41, 5.74) is -0.0978. The summed E-state index contributed by atoms with van der Waals surface area (Å²) in [6, 6.07) is 0. The van der Waals surface area contributed by atoms with Crippen LogP contribution in [0.4, 0.5) is 0 Å². The smallest absolute Gasteiger partial charge is 0.367 e. The molecular formula is C13H25NO7P2. The summed E-state index contributed by atoms with van der Waals surface area (Å²) in [7, 11) is -10.7. The molecule has 0 amide bonds. The molecule has 0 aromatic rings. The Morgan fingerprint density at radius 3 is 1.65 bits per heavy atom. The third kappa shape index (κ3) is 3.21. The fourth-order valence-corrected chi connectivity index (χ4v) is 7.45. The van der Waals surface area contributed by atoms with Crippen molar-refractivity contribution < 1.29 is 33.8 Å². The van der Waals surface area contributed by atoms with Gasteiger partial charge in [-0.3, -0.25) is 9.13 Å². The molecule has 4 bridgehead atoms. The highest BCUT2D eigenvalue weighted by molar-refractivity contribution is 7.72. The van der Waals surface area contributed by atoms with Gasteiger partial charge in [0.15, 0.2) is 0 Å². The zero-order valence-corrected chi connectivity index (χ0v) is 14.6. The van der Waals surface area contributed by atoms with Gasteiger partial charge in [-0.1, -0.05) is 0 Å². The molecule has 0 saturated heterocycles. The van der Waals surface area contributed by atoms with Gasteiger partial charge >= 0.3 is 15.2 Å². The first-order valence-electron chi connectivity index (χ1n) is 8.03. The zero-order chi connectivity index (χ0) is 17.1. The Bertz CT molecular complexity index is 511. The highest BCUT2D eigenvalue weighted by Crippen LogP contribution is 2.69. The number of hydrogen-bond donors (Lipinski definition) is 6. The summed E-state index contributed by atoms with van der Waals surface area (Å²) >= 11 is 0. The predicted octanol–water partition coefficient (Wildman–Crippen LogP) is 0.936. The van der Waals surface area contributed by atoms with Crippen molar-refractivity contribution in [3.8, 4) is 0 Å². The van der Waals surface area contributed by atoms with Gasteiger partial charge < -0.3 is 30.0 Å². The standard InChI is InChI=1S/C13H25NO7P2/c15-13(22(16,17)18,23(19,20)21)1-2-14-12-6-9-3-10(7-12)5-11(4-9)8-12/h9-11,14-15H,1-8H2,(H2,16,17,18)(H2,19,20,21). The maximum atomic E-state index is 11.4. The first-order chi connectivity index (χ1) is 10.4. The van der Waals surface area contributed by atoms with Crippen molar-refractivity contribution in [3.63, 3.8) is 0 Å². The second-order valence-corrected chi connectivity index (χ2v) is 11.7. The van der Waals surface area contributed by atoms with Gasteiger partial charge in [0.1, 0.15) is 0 Å². The van der Waals surface area contributed by atoms with Crippen molar-refractivity contribution in [3.05, 3.63) is 0 Å². The molecule has 4 rings (SSSR count). The minimum Gasteiger partial charge on any atom is -0.367 e. The Labute approximate surface area is 135 Å². The highest BCUT2D eigenvalue weighted by atomic mass is 31.2. The van der Waals surface area contributed by atoms with E-state index >= 15 is 0 Å². The van der Waals surface area contributed by atoms with E-state index < -0.39 is 26.7 Å². The summed E-state index contributed by atoms with van der Waals surface area (Å²) in [6.07, 6.45) is 6.07. The first-order valence-corrected chi connectivity index (χ1v) is 11.3. The number of nitrogens with one attached hydrogen (secondary N) is 1. The number of rotatable bonds is 6. The van der Waals surface area contributed by atoms with Crippen molar-refractivity contribution in [1.82, 2.24) is 5.32 Å². The summed E-state index contributed by atoms with van der Waals surface area (Å²) < 4.78 is 22.8. The molecule has 8 nitrogen and oxygen atoms in total. The van der Waals surface area contributed by atoms with Gasteiger partial charge in [-0.05, 0) is 62.8 Å². The van der Waals surface area contributed by atoms with Crippen LogP contribution in [0.3, 0.4) is 0 Å². The van der Waals surface area contributed by atoms with E-state index in [9.17, 15) is 33.8 Å². The van der Waals surface area contributed by atoms with Gasteiger partial charge in [-0.15, -0.1) is 0 Å². The van der Waals surface area contributed by atoms with E-state index in [0.717, 1.165) is 19.3 Å². The summed E-state index contributed by atoms with van der Waals surface area (Å²) in [5, 5.41) is 9.90. The molecule has 0 heterocycles.